The molecule has 10 aromatic rings. The third kappa shape index (κ3) is 4.46. The minimum absolute atomic E-state index is 0.0291. The summed E-state index contributed by atoms with van der Waals surface area (Å²) in [5.41, 5.74) is 16.0. The SMILES string of the molecule is C1=c2sc3cc(-n4c5ccccc5c5cc6c(cc54)-c4ccc(-c5ccc7c8ccccc8n(-c8ccccc8)c7c5)cc4C64CCCCC4)ccc3c2=CCC1. The van der Waals surface area contributed by atoms with E-state index in [1.807, 2.05) is 11.3 Å². The Labute approximate surface area is 335 Å². The van der Waals surface area contributed by atoms with E-state index in [0.29, 0.717) is 0 Å². The van der Waals surface area contributed by atoms with Crippen molar-refractivity contribution in [3.8, 4) is 33.6 Å². The second kappa shape index (κ2) is 11.9. The Kier molecular flexibility index (Phi) is 6.69. The first-order chi connectivity index (χ1) is 28.2. The lowest BCUT2D eigenvalue weighted by molar-refractivity contribution is 0.353. The van der Waals surface area contributed by atoms with Crippen LogP contribution in [0.15, 0.2) is 146 Å². The summed E-state index contributed by atoms with van der Waals surface area (Å²) in [4.78, 5) is 0. The lowest BCUT2D eigenvalue weighted by Crippen LogP contribution is -2.28. The fourth-order valence-corrected chi connectivity index (χ4v) is 12.4. The summed E-state index contributed by atoms with van der Waals surface area (Å²) in [6.45, 7) is 0. The molecule has 0 unspecified atom stereocenters. The fraction of sp³-hybridized carbons (Fsp3) is 0.148. The molecule has 0 saturated heterocycles. The normalized spacial score (nSPS) is 15.6. The van der Waals surface area contributed by atoms with E-state index in [1.165, 1.54) is 140 Å². The lowest BCUT2D eigenvalue weighted by Gasteiger charge is -2.36. The molecule has 3 aromatic heterocycles. The van der Waals surface area contributed by atoms with Crippen LogP contribution in [0.25, 0.3) is 99.5 Å². The summed E-state index contributed by atoms with van der Waals surface area (Å²) in [6, 6.07) is 55.6. The molecule has 272 valence electrons. The first-order valence-corrected chi connectivity index (χ1v) is 21.6. The third-order valence-electron chi connectivity index (χ3n) is 13.7. The van der Waals surface area contributed by atoms with Crippen molar-refractivity contribution in [1.29, 1.82) is 0 Å². The standard InChI is InChI=1S/C54H40N2S/c1-3-13-36(14-4-1)55-48-18-8-5-15-39(48)41-25-22-35(30-50(41)55)34-21-24-38-44-33-51-45(32-47(44)54(46(38)29-34)27-11-2-12-28-54)40-16-6-9-19-49(40)56(51)37-23-26-43-42-17-7-10-20-52(42)57-53(43)31-37/h1,3-6,8-9,13-26,29-33H,2,7,10-12,27-28H2. The first kappa shape index (κ1) is 32.0. The van der Waals surface area contributed by atoms with Gasteiger partial charge in [0.1, 0.15) is 0 Å². The average molecular weight is 749 g/mol. The second-order valence-electron chi connectivity index (χ2n) is 16.6. The van der Waals surface area contributed by atoms with Crippen LogP contribution >= 0.6 is 11.3 Å². The monoisotopic (exact) mass is 748 g/mol. The molecule has 1 saturated carbocycles. The molecule has 0 radical (unpaired) electrons. The molecule has 0 aliphatic heterocycles. The summed E-state index contributed by atoms with van der Waals surface area (Å²) in [5, 5.41) is 8.12. The van der Waals surface area contributed by atoms with Crippen LogP contribution in [0.3, 0.4) is 0 Å². The molecule has 0 N–H and O–H groups in total. The lowest BCUT2D eigenvalue weighted by atomic mass is 9.67. The molecular formula is C54H40N2S. The Balaban J connectivity index is 1.02. The van der Waals surface area contributed by atoms with Gasteiger partial charge in [-0.1, -0.05) is 116 Å². The Morgan fingerprint density at radius 1 is 0.439 bits per heavy atom. The van der Waals surface area contributed by atoms with Crippen molar-refractivity contribution in [3.63, 3.8) is 0 Å². The van der Waals surface area contributed by atoms with Gasteiger partial charge in [-0.05, 0) is 125 Å². The molecule has 3 heterocycles. The maximum absolute atomic E-state index is 2.62. The average Bonchev–Trinajstić information content (AvgIpc) is 3.98. The molecule has 0 amide bonds. The predicted octanol–water partition coefficient (Wildman–Crippen LogP) is 13.3. The largest absolute Gasteiger partial charge is 0.309 e. The van der Waals surface area contributed by atoms with Gasteiger partial charge >= 0.3 is 0 Å². The number of aromatic nitrogens is 2. The molecule has 1 spiro atoms. The van der Waals surface area contributed by atoms with Gasteiger partial charge in [-0.3, -0.25) is 0 Å². The van der Waals surface area contributed by atoms with Crippen LogP contribution in [0.4, 0.5) is 0 Å². The Morgan fingerprint density at radius 3 is 1.93 bits per heavy atom. The maximum atomic E-state index is 2.62. The molecule has 1 fully saturated rings. The van der Waals surface area contributed by atoms with E-state index >= 15 is 0 Å². The summed E-state index contributed by atoms with van der Waals surface area (Å²) in [7, 11) is 0. The number of thiophene rings is 1. The molecule has 3 aliphatic rings. The third-order valence-corrected chi connectivity index (χ3v) is 14.9. The van der Waals surface area contributed by atoms with Gasteiger partial charge in [-0.15, -0.1) is 11.3 Å². The van der Waals surface area contributed by atoms with Crippen LogP contribution in [-0.2, 0) is 5.41 Å². The van der Waals surface area contributed by atoms with Gasteiger partial charge in [0.15, 0.2) is 0 Å². The summed E-state index contributed by atoms with van der Waals surface area (Å²) in [6.07, 6.45) is 13.4. The predicted molar refractivity (Wildman–Crippen MR) is 243 cm³/mol. The van der Waals surface area contributed by atoms with Gasteiger partial charge in [0.2, 0.25) is 0 Å². The van der Waals surface area contributed by atoms with Crippen molar-refractivity contribution in [2.75, 3.05) is 0 Å². The van der Waals surface area contributed by atoms with E-state index in [-0.39, 0.29) is 5.41 Å². The minimum Gasteiger partial charge on any atom is -0.309 e. The van der Waals surface area contributed by atoms with Crippen LogP contribution in [0, 0.1) is 0 Å². The van der Waals surface area contributed by atoms with Crippen molar-refractivity contribution >= 4 is 77.2 Å². The summed E-state index contributed by atoms with van der Waals surface area (Å²) < 4.78 is 7.78. The molecule has 3 aliphatic carbocycles. The van der Waals surface area contributed by atoms with Crippen molar-refractivity contribution in [2.45, 2.75) is 50.4 Å². The number of fused-ring (bicyclic) bond motifs is 14. The quantitative estimate of drug-likeness (QED) is 0.170. The van der Waals surface area contributed by atoms with Crippen molar-refractivity contribution in [2.24, 2.45) is 0 Å². The highest BCUT2D eigenvalue weighted by molar-refractivity contribution is 7.17. The van der Waals surface area contributed by atoms with Crippen molar-refractivity contribution in [3.05, 3.63) is 166 Å². The van der Waals surface area contributed by atoms with E-state index in [0.717, 1.165) is 12.8 Å². The van der Waals surface area contributed by atoms with Crippen LogP contribution in [0.1, 0.15) is 56.1 Å². The number of hydrogen-bond donors (Lipinski definition) is 0. The Morgan fingerprint density at radius 2 is 1.09 bits per heavy atom. The van der Waals surface area contributed by atoms with Crippen molar-refractivity contribution in [1.82, 2.24) is 9.13 Å². The Hall–Kier alpha value is -6.16. The number of rotatable bonds is 3. The molecule has 57 heavy (non-hydrogen) atoms. The van der Waals surface area contributed by atoms with Crippen molar-refractivity contribution < 1.29 is 0 Å². The van der Waals surface area contributed by atoms with E-state index in [4.69, 9.17) is 0 Å². The number of hydrogen-bond acceptors (Lipinski definition) is 1. The van der Waals surface area contributed by atoms with Gasteiger partial charge < -0.3 is 9.13 Å². The fourth-order valence-electron chi connectivity index (χ4n) is 11.2. The maximum Gasteiger partial charge on any atom is 0.0547 e. The van der Waals surface area contributed by atoms with Gasteiger partial charge in [0.05, 0.1) is 22.1 Å². The molecule has 2 nitrogen and oxygen atoms in total. The van der Waals surface area contributed by atoms with Crippen LogP contribution < -0.4 is 9.75 Å². The zero-order valence-corrected chi connectivity index (χ0v) is 32.6. The highest BCUT2D eigenvalue weighted by Crippen LogP contribution is 2.58. The van der Waals surface area contributed by atoms with E-state index in [1.54, 1.807) is 0 Å². The van der Waals surface area contributed by atoms with Crippen LogP contribution in [0.5, 0.6) is 0 Å². The minimum atomic E-state index is 0.0291. The van der Waals surface area contributed by atoms with Gasteiger partial charge in [-0.2, -0.15) is 0 Å². The highest BCUT2D eigenvalue weighted by Gasteiger charge is 2.44. The van der Waals surface area contributed by atoms with Crippen LogP contribution in [-0.4, -0.2) is 9.13 Å². The number of benzene rings is 7. The zero-order valence-electron chi connectivity index (χ0n) is 31.8. The van der Waals surface area contributed by atoms with Crippen LogP contribution in [0.2, 0.25) is 0 Å². The summed E-state index contributed by atoms with van der Waals surface area (Å²) >= 11 is 1.95. The molecule has 13 rings (SSSR count). The smallest absolute Gasteiger partial charge is 0.0547 e. The highest BCUT2D eigenvalue weighted by atomic mass is 32.1. The Bertz CT molecular complexity index is 3440. The van der Waals surface area contributed by atoms with E-state index in [9.17, 15) is 0 Å². The zero-order chi connectivity index (χ0) is 37.2. The number of nitrogens with zero attached hydrogens (tertiary/aromatic N) is 2. The van der Waals surface area contributed by atoms with Gasteiger partial charge in [0, 0.05) is 53.0 Å². The number of para-hydroxylation sites is 3. The molecule has 0 atom stereocenters. The molecular weight excluding hydrogens is 709 g/mol. The second-order valence-corrected chi connectivity index (χ2v) is 17.7. The van der Waals surface area contributed by atoms with Gasteiger partial charge in [-0.25, -0.2) is 0 Å². The molecule has 7 aromatic carbocycles. The van der Waals surface area contributed by atoms with E-state index < -0.39 is 0 Å². The van der Waals surface area contributed by atoms with Gasteiger partial charge in [0.25, 0.3) is 0 Å². The first-order valence-electron chi connectivity index (χ1n) is 20.8. The topological polar surface area (TPSA) is 9.86 Å². The summed E-state index contributed by atoms with van der Waals surface area (Å²) in [5.74, 6) is 0. The van der Waals surface area contributed by atoms with E-state index in [2.05, 4.69) is 167 Å². The molecule has 3 heteroatoms. The molecule has 0 bridgehead atoms.